The van der Waals surface area contributed by atoms with Crippen molar-refractivity contribution in [3.05, 3.63) is 97.6 Å². The summed E-state index contributed by atoms with van der Waals surface area (Å²) in [6.07, 6.45) is 0.636. The van der Waals surface area contributed by atoms with Crippen LogP contribution < -0.4 is 31.0 Å². The summed E-state index contributed by atoms with van der Waals surface area (Å²) < 4.78 is 17.8. The van der Waals surface area contributed by atoms with Gasteiger partial charge in [-0.05, 0) is 56.9 Å². The van der Waals surface area contributed by atoms with Crippen molar-refractivity contribution in [3.63, 3.8) is 0 Å². The molecule has 1 saturated heterocycles. The number of benzene rings is 3. The summed E-state index contributed by atoms with van der Waals surface area (Å²) in [5.74, 6) is -0.678. The smallest absolute Gasteiger partial charge is 0.408 e. The Bertz CT molecular complexity index is 2130. The van der Waals surface area contributed by atoms with Crippen molar-refractivity contribution < 1.29 is 33.4 Å². The molecule has 1 saturated carbocycles. The van der Waals surface area contributed by atoms with Gasteiger partial charge in [-0.3, -0.25) is 25.2 Å². The molecule has 4 N–H and O–H groups in total. The van der Waals surface area contributed by atoms with E-state index in [1.54, 1.807) is 46.1 Å². The van der Waals surface area contributed by atoms with Crippen molar-refractivity contribution in [2.45, 2.75) is 83.7 Å². The molecule has 0 unspecified atom stereocenters. The Hall–Kier alpha value is -6.11. The van der Waals surface area contributed by atoms with Crippen LogP contribution in [0.15, 0.2) is 97.6 Å². The van der Waals surface area contributed by atoms with Crippen LogP contribution in [0.1, 0.15) is 54.4 Å². The maximum atomic E-state index is 14.7. The van der Waals surface area contributed by atoms with Gasteiger partial charge in [0, 0.05) is 35.4 Å². The molecule has 6 rings (SSSR count). The number of alkyl carbamates (subject to hydrolysis) is 1. The van der Waals surface area contributed by atoms with Crippen LogP contribution in [0.4, 0.5) is 10.5 Å². The van der Waals surface area contributed by atoms with Gasteiger partial charge in [-0.1, -0.05) is 75.4 Å². The topological polar surface area (TPSA) is 160 Å². The first-order valence-electron chi connectivity index (χ1n) is 19.1. The Morgan fingerprint density at radius 1 is 0.947 bits per heavy atom. The number of nitrogens with zero attached hydrogens (tertiary/aromatic N) is 2. The van der Waals surface area contributed by atoms with Crippen molar-refractivity contribution in [2.24, 2.45) is 11.3 Å². The molecular formula is C44H52N6O7. The average Bonchev–Trinajstić information content (AvgIpc) is 3.73. The highest BCUT2D eigenvalue weighted by molar-refractivity contribution is 5.99. The van der Waals surface area contributed by atoms with E-state index in [1.807, 2.05) is 93.6 Å². The molecule has 1 aliphatic heterocycles. The molecule has 5 atom stereocenters. The van der Waals surface area contributed by atoms with Gasteiger partial charge >= 0.3 is 6.09 Å². The number of likely N-dealkylation sites (tertiary alicyclic amines) is 1. The maximum absolute atomic E-state index is 14.7. The molecular weight excluding hydrogens is 725 g/mol. The third-order valence-electron chi connectivity index (χ3n) is 10.1. The van der Waals surface area contributed by atoms with Gasteiger partial charge in [0.1, 0.15) is 40.8 Å². The lowest BCUT2D eigenvalue weighted by atomic mass is 9.85. The van der Waals surface area contributed by atoms with E-state index in [4.69, 9.17) is 19.2 Å². The third kappa shape index (κ3) is 9.31. The number of anilines is 1. The van der Waals surface area contributed by atoms with Crippen molar-refractivity contribution in [1.29, 1.82) is 0 Å². The van der Waals surface area contributed by atoms with Crippen LogP contribution in [-0.4, -0.2) is 76.7 Å². The van der Waals surface area contributed by atoms with Gasteiger partial charge in [0.15, 0.2) is 0 Å². The number of fused-ring (bicyclic) bond motifs is 1. The normalized spacial score (nSPS) is 20.8. The number of nitrogens with one attached hydrogen (secondary N) is 4. The van der Waals surface area contributed by atoms with Crippen LogP contribution in [0.3, 0.4) is 0 Å². The van der Waals surface area contributed by atoms with Gasteiger partial charge in [-0.15, -0.1) is 6.58 Å². The van der Waals surface area contributed by atoms with Crippen molar-refractivity contribution in [3.8, 4) is 22.8 Å². The van der Waals surface area contributed by atoms with Gasteiger partial charge in [-0.25, -0.2) is 9.78 Å². The second-order valence-electron chi connectivity index (χ2n) is 16.6. The number of pyridine rings is 1. The number of amides is 4. The van der Waals surface area contributed by atoms with Crippen LogP contribution in [0.5, 0.6) is 11.5 Å². The van der Waals surface area contributed by atoms with Gasteiger partial charge < -0.3 is 29.7 Å². The number of hydrogen-bond donors (Lipinski definition) is 4. The third-order valence-corrected chi connectivity index (χ3v) is 10.1. The van der Waals surface area contributed by atoms with E-state index < -0.39 is 58.6 Å². The molecule has 4 aromatic rings. The molecule has 13 heteroatoms. The highest BCUT2D eigenvalue weighted by Crippen LogP contribution is 2.45. The minimum Gasteiger partial charge on any atom is -0.497 e. The monoisotopic (exact) mass is 776 g/mol. The van der Waals surface area contributed by atoms with Crippen LogP contribution in [0.2, 0.25) is 0 Å². The van der Waals surface area contributed by atoms with Crippen LogP contribution in [0, 0.1) is 11.3 Å². The Morgan fingerprint density at radius 3 is 2.25 bits per heavy atom. The predicted octanol–water partition coefficient (Wildman–Crippen LogP) is 6.40. The first kappa shape index (κ1) is 40.6. The van der Waals surface area contributed by atoms with Crippen molar-refractivity contribution in [2.75, 3.05) is 19.1 Å². The lowest BCUT2D eigenvalue weighted by Crippen LogP contribution is -2.60. The molecule has 3 aromatic carbocycles. The molecule has 13 nitrogen and oxygen atoms in total. The van der Waals surface area contributed by atoms with E-state index in [2.05, 4.69) is 28.1 Å². The van der Waals surface area contributed by atoms with E-state index in [-0.39, 0.29) is 18.9 Å². The van der Waals surface area contributed by atoms with Gasteiger partial charge in [0.05, 0.1) is 30.6 Å². The minimum atomic E-state index is -1.29. The van der Waals surface area contributed by atoms with E-state index in [1.165, 1.54) is 4.90 Å². The number of ether oxygens (including phenoxy) is 3. The number of hydrogen-bond acceptors (Lipinski definition) is 9. The predicted molar refractivity (Wildman–Crippen MR) is 218 cm³/mol. The molecule has 2 fully saturated rings. The Morgan fingerprint density at radius 2 is 1.63 bits per heavy atom. The van der Waals surface area contributed by atoms with Gasteiger partial charge in [0.25, 0.3) is 5.91 Å². The number of carbonyl (C=O) groups is 4. The minimum absolute atomic E-state index is 0.0137. The summed E-state index contributed by atoms with van der Waals surface area (Å²) in [6, 6.07) is 24.0. The maximum Gasteiger partial charge on any atom is 0.408 e. The average molecular weight is 777 g/mol. The molecule has 0 radical (unpaired) electrons. The van der Waals surface area contributed by atoms with E-state index in [0.717, 1.165) is 5.56 Å². The Balaban J connectivity index is 1.33. The Labute approximate surface area is 333 Å². The van der Waals surface area contributed by atoms with Crippen LogP contribution >= 0.6 is 0 Å². The summed E-state index contributed by atoms with van der Waals surface area (Å²) >= 11 is 0. The van der Waals surface area contributed by atoms with E-state index in [9.17, 15) is 19.2 Å². The first-order valence-corrected chi connectivity index (χ1v) is 19.1. The number of para-hydroxylation sites is 1. The molecule has 1 aromatic heterocycles. The van der Waals surface area contributed by atoms with Crippen LogP contribution in [0.25, 0.3) is 22.2 Å². The molecule has 57 heavy (non-hydrogen) atoms. The zero-order valence-corrected chi connectivity index (χ0v) is 33.6. The van der Waals surface area contributed by atoms with Crippen molar-refractivity contribution >= 4 is 40.4 Å². The lowest BCUT2D eigenvalue weighted by Gasteiger charge is -2.36. The summed E-state index contributed by atoms with van der Waals surface area (Å²) in [4.78, 5) is 62.4. The number of methoxy groups -OCH3 is 1. The highest BCUT2D eigenvalue weighted by Gasteiger charge is 2.61. The molecule has 0 bridgehead atoms. The van der Waals surface area contributed by atoms with E-state index in [0.29, 0.717) is 40.2 Å². The zero-order chi connectivity index (χ0) is 41.1. The summed E-state index contributed by atoms with van der Waals surface area (Å²) in [6.45, 7) is 14.6. The second kappa shape index (κ2) is 16.2. The van der Waals surface area contributed by atoms with Crippen molar-refractivity contribution in [1.82, 2.24) is 25.9 Å². The molecule has 2 heterocycles. The largest absolute Gasteiger partial charge is 0.497 e. The zero-order valence-electron chi connectivity index (χ0n) is 33.6. The number of carbonyl (C=O) groups excluding carboxylic acids is 4. The fourth-order valence-corrected chi connectivity index (χ4v) is 7.05. The number of rotatable bonds is 12. The fourth-order valence-electron chi connectivity index (χ4n) is 7.05. The van der Waals surface area contributed by atoms with Crippen LogP contribution in [-0.2, 0) is 19.1 Å². The summed E-state index contributed by atoms with van der Waals surface area (Å²) in [7, 11) is 1.59. The number of hydrazine groups is 1. The molecule has 0 spiro atoms. The fraction of sp³-hybridized carbons (Fsp3) is 0.386. The summed E-state index contributed by atoms with van der Waals surface area (Å²) in [5, 5.41) is 6.48. The standard InChI is InChI=1S/C44H52N6O7/c1-9-28-25-44(28,40(53)49-48-29-18-14-11-15-19-29)47-38(51)35-23-31(26-50(35)39(52)37(42(2,3)4)46-41(54)57-43(5,6)7)56-36-24-33(27-16-12-10-13-17-27)45-34-22-30(55-8)20-21-32(34)36/h9-22,24,28,31,35,37,48H,1,23,25-26H2,2-8H3,(H,46,54)(H,47,51)(H,49,53)/t28-,31-,35+,37-,44-/m1/s1. The SMILES string of the molecule is C=C[C@@H]1C[C@]1(NC(=O)[C@@H]1C[C@@H](Oc2cc(-c3ccccc3)nc3cc(OC)ccc23)CN1C(=O)[C@@H](NC(=O)OC(C)(C)C)C(C)(C)C)C(=O)NNc1ccccc1. The second-order valence-corrected chi connectivity index (χ2v) is 16.6. The molecule has 300 valence electrons. The first-order chi connectivity index (χ1) is 27.0. The van der Waals surface area contributed by atoms with Gasteiger partial charge in [-0.2, -0.15) is 0 Å². The Kier molecular flexibility index (Phi) is 11.5. The lowest BCUT2D eigenvalue weighted by molar-refractivity contribution is -0.143. The molecule has 1 aliphatic carbocycles. The van der Waals surface area contributed by atoms with E-state index >= 15 is 0 Å². The highest BCUT2D eigenvalue weighted by atomic mass is 16.6. The summed E-state index contributed by atoms with van der Waals surface area (Å²) in [5.41, 5.74) is 5.60. The molecule has 4 amide bonds. The quantitative estimate of drug-likeness (QED) is 0.0943. The molecule has 2 aliphatic rings. The number of aromatic nitrogens is 1. The van der Waals surface area contributed by atoms with Gasteiger partial charge in [0.2, 0.25) is 11.8 Å².